The molecule has 0 heterocycles. The van der Waals surface area contributed by atoms with Gasteiger partial charge >= 0.3 is 0 Å². The zero-order chi connectivity index (χ0) is 14.1. The quantitative estimate of drug-likeness (QED) is 0.742. The summed E-state index contributed by atoms with van der Waals surface area (Å²) >= 11 is 0. The van der Waals surface area contributed by atoms with Crippen LogP contribution in [0.5, 0.6) is 11.5 Å². The molecular formula is C15H26N2O2. The van der Waals surface area contributed by atoms with Gasteiger partial charge in [-0.05, 0) is 37.7 Å². The van der Waals surface area contributed by atoms with Crippen LogP contribution in [0, 0.1) is 0 Å². The minimum Gasteiger partial charge on any atom is -0.493 e. The van der Waals surface area contributed by atoms with E-state index in [1.54, 1.807) is 14.2 Å². The van der Waals surface area contributed by atoms with Gasteiger partial charge < -0.3 is 14.8 Å². The Balaban J connectivity index is 2.72. The summed E-state index contributed by atoms with van der Waals surface area (Å²) in [6.07, 6.45) is 1.16. The van der Waals surface area contributed by atoms with Crippen LogP contribution in [-0.4, -0.2) is 45.8 Å². The fourth-order valence-electron chi connectivity index (χ4n) is 2.09. The van der Waals surface area contributed by atoms with E-state index in [2.05, 4.69) is 29.3 Å². The molecule has 0 aromatic heterocycles. The topological polar surface area (TPSA) is 33.7 Å². The molecular weight excluding hydrogens is 240 g/mol. The molecule has 0 fully saturated rings. The third-order valence-corrected chi connectivity index (χ3v) is 3.07. The molecule has 1 N–H and O–H groups in total. The molecule has 0 aliphatic rings. The van der Waals surface area contributed by atoms with Crippen molar-refractivity contribution in [2.24, 2.45) is 0 Å². The van der Waals surface area contributed by atoms with Crippen LogP contribution in [0.3, 0.4) is 0 Å². The fraction of sp³-hybridized carbons (Fsp3) is 0.600. The van der Waals surface area contributed by atoms with E-state index in [1.165, 1.54) is 5.56 Å². The highest BCUT2D eigenvalue weighted by Gasteiger charge is 2.08. The Labute approximate surface area is 116 Å². The lowest BCUT2D eigenvalue weighted by atomic mass is 10.2. The van der Waals surface area contributed by atoms with Crippen molar-refractivity contribution in [2.75, 3.05) is 40.9 Å². The minimum atomic E-state index is 0.781. The summed E-state index contributed by atoms with van der Waals surface area (Å²) in [4.78, 5) is 2.44. The van der Waals surface area contributed by atoms with E-state index in [9.17, 15) is 0 Å². The third kappa shape index (κ3) is 5.09. The Morgan fingerprint density at radius 3 is 2.42 bits per heavy atom. The summed E-state index contributed by atoms with van der Waals surface area (Å²) in [7, 11) is 5.32. The van der Waals surface area contributed by atoms with Crippen molar-refractivity contribution in [3.05, 3.63) is 23.8 Å². The summed E-state index contributed by atoms with van der Waals surface area (Å²) in [5.41, 5.74) is 1.25. The monoisotopic (exact) mass is 266 g/mol. The van der Waals surface area contributed by atoms with Gasteiger partial charge in [-0.25, -0.2) is 0 Å². The molecule has 4 nitrogen and oxygen atoms in total. The van der Waals surface area contributed by atoms with Crippen LogP contribution in [-0.2, 0) is 6.54 Å². The maximum absolute atomic E-state index is 5.34. The number of nitrogens with zero attached hydrogens (tertiary/aromatic N) is 1. The first-order chi connectivity index (χ1) is 9.24. The number of methoxy groups -OCH3 is 2. The number of nitrogens with one attached hydrogen (secondary N) is 1. The largest absolute Gasteiger partial charge is 0.493 e. The zero-order valence-corrected chi connectivity index (χ0v) is 12.5. The number of rotatable bonds is 9. The summed E-state index contributed by atoms with van der Waals surface area (Å²) in [5, 5.41) is 3.20. The van der Waals surface area contributed by atoms with Gasteiger partial charge in [0, 0.05) is 19.6 Å². The molecule has 1 aromatic rings. The van der Waals surface area contributed by atoms with Crippen LogP contribution in [0.15, 0.2) is 18.2 Å². The average molecular weight is 266 g/mol. The highest BCUT2D eigenvalue weighted by molar-refractivity contribution is 5.42. The first-order valence-electron chi connectivity index (χ1n) is 6.83. The second-order valence-corrected chi connectivity index (χ2v) is 4.57. The van der Waals surface area contributed by atoms with Crippen molar-refractivity contribution in [2.45, 2.75) is 19.9 Å². The normalized spacial score (nSPS) is 10.8. The van der Waals surface area contributed by atoms with Gasteiger partial charge in [0.15, 0.2) is 11.5 Å². The Kier molecular flexibility index (Phi) is 7.30. The van der Waals surface area contributed by atoms with Crippen molar-refractivity contribution in [3.8, 4) is 11.5 Å². The van der Waals surface area contributed by atoms with Crippen molar-refractivity contribution >= 4 is 0 Å². The number of hydrogen-bond acceptors (Lipinski definition) is 4. The molecule has 0 aliphatic heterocycles. The second kappa shape index (κ2) is 8.77. The Bertz CT molecular complexity index is 369. The molecule has 0 amide bonds. The molecule has 1 aromatic carbocycles. The zero-order valence-electron chi connectivity index (χ0n) is 12.5. The fourth-order valence-corrected chi connectivity index (χ4v) is 2.09. The molecule has 108 valence electrons. The Morgan fingerprint density at radius 2 is 1.84 bits per heavy atom. The Morgan fingerprint density at radius 1 is 1.11 bits per heavy atom. The van der Waals surface area contributed by atoms with E-state index in [1.807, 2.05) is 13.1 Å². The van der Waals surface area contributed by atoms with Gasteiger partial charge in [-0.15, -0.1) is 0 Å². The number of benzene rings is 1. The first-order valence-corrected chi connectivity index (χ1v) is 6.83. The average Bonchev–Trinajstić information content (AvgIpc) is 2.44. The molecule has 0 spiro atoms. The standard InChI is InChI=1S/C15H26N2O2/c1-5-9-17(10-8-16-2)12-13-6-7-14(18-3)15(11-13)19-4/h6-7,11,16H,5,8-10,12H2,1-4H3. The molecule has 19 heavy (non-hydrogen) atoms. The van der Waals surface area contributed by atoms with Gasteiger partial charge in [-0.1, -0.05) is 13.0 Å². The molecule has 0 saturated heterocycles. The van der Waals surface area contributed by atoms with Gasteiger partial charge in [-0.2, -0.15) is 0 Å². The van der Waals surface area contributed by atoms with Gasteiger partial charge in [-0.3, -0.25) is 4.90 Å². The van der Waals surface area contributed by atoms with Crippen LogP contribution >= 0.6 is 0 Å². The highest BCUT2D eigenvalue weighted by Crippen LogP contribution is 2.27. The second-order valence-electron chi connectivity index (χ2n) is 4.57. The summed E-state index contributed by atoms with van der Waals surface area (Å²) in [6.45, 7) is 6.32. The van der Waals surface area contributed by atoms with Crippen LogP contribution in [0.2, 0.25) is 0 Å². The molecule has 0 saturated carbocycles. The number of ether oxygens (including phenoxy) is 2. The highest BCUT2D eigenvalue weighted by atomic mass is 16.5. The molecule has 0 unspecified atom stereocenters. The van der Waals surface area contributed by atoms with E-state index in [-0.39, 0.29) is 0 Å². The van der Waals surface area contributed by atoms with Crippen molar-refractivity contribution < 1.29 is 9.47 Å². The molecule has 0 aliphatic carbocycles. The maximum atomic E-state index is 5.34. The summed E-state index contributed by atoms with van der Waals surface area (Å²) in [6, 6.07) is 6.13. The van der Waals surface area contributed by atoms with Crippen LogP contribution < -0.4 is 14.8 Å². The minimum absolute atomic E-state index is 0.781. The van der Waals surface area contributed by atoms with Crippen LogP contribution in [0.25, 0.3) is 0 Å². The van der Waals surface area contributed by atoms with E-state index in [4.69, 9.17) is 9.47 Å². The van der Waals surface area contributed by atoms with Gasteiger partial charge in [0.2, 0.25) is 0 Å². The maximum Gasteiger partial charge on any atom is 0.161 e. The van der Waals surface area contributed by atoms with Gasteiger partial charge in [0.05, 0.1) is 14.2 Å². The lowest BCUT2D eigenvalue weighted by Gasteiger charge is -2.22. The molecule has 0 radical (unpaired) electrons. The van der Waals surface area contributed by atoms with E-state index < -0.39 is 0 Å². The van der Waals surface area contributed by atoms with Gasteiger partial charge in [0.25, 0.3) is 0 Å². The third-order valence-electron chi connectivity index (χ3n) is 3.07. The van der Waals surface area contributed by atoms with E-state index >= 15 is 0 Å². The number of hydrogen-bond donors (Lipinski definition) is 1. The van der Waals surface area contributed by atoms with E-state index in [0.29, 0.717) is 0 Å². The predicted molar refractivity (Wildman–Crippen MR) is 79.0 cm³/mol. The van der Waals surface area contributed by atoms with E-state index in [0.717, 1.165) is 44.1 Å². The smallest absolute Gasteiger partial charge is 0.161 e. The van der Waals surface area contributed by atoms with Crippen molar-refractivity contribution in [3.63, 3.8) is 0 Å². The predicted octanol–water partition coefficient (Wildman–Crippen LogP) is 2.14. The number of likely N-dealkylation sites (N-methyl/N-ethyl adjacent to an activating group) is 1. The summed E-state index contributed by atoms with van der Waals surface area (Å²) in [5.74, 6) is 1.58. The first kappa shape index (κ1) is 15.8. The van der Waals surface area contributed by atoms with Crippen molar-refractivity contribution in [1.29, 1.82) is 0 Å². The van der Waals surface area contributed by atoms with Crippen LogP contribution in [0.4, 0.5) is 0 Å². The molecule has 1 rings (SSSR count). The molecule has 0 atom stereocenters. The SMILES string of the molecule is CCCN(CCNC)Cc1ccc(OC)c(OC)c1. The Hall–Kier alpha value is -1.26. The van der Waals surface area contributed by atoms with Crippen molar-refractivity contribution in [1.82, 2.24) is 10.2 Å². The van der Waals surface area contributed by atoms with Crippen LogP contribution in [0.1, 0.15) is 18.9 Å². The summed E-state index contributed by atoms with van der Waals surface area (Å²) < 4.78 is 10.6. The molecule has 0 bridgehead atoms. The lowest BCUT2D eigenvalue weighted by Crippen LogP contribution is -2.31. The van der Waals surface area contributed by atoms with Gasteiger partial charge in [0.1, 0.15) is 0 Å². The molecule has 4 heteroatoms. The lowest BCUT2D eigenvalue weighted by molar-refractivity contribution is 0.267.